The number of hydrogen-bond acceptors (Lipinski definition) is 6. The molecular weight excluding hydrogens is 668 g/mol. The van der Waals surface area contributed by atoms with Gasteiger partial charge in [-0.05, 0) is 61.1 Å². The van der Waals surface area contributed by atoms with Crippen molar-refractivity contribution in [3.8, 4) is 0 Å². The Morgan fingerprint density at radius 2 is 1.51 bits per heavy atom. The van der Waals surface area contributed by atoms with Gasteiger partial charge in [-0.3, -0.25) is 9.59 Å². The Morgan fingerprint density at radius 3 is 2.06 bits per heavy atom. The van der Waals surface area contributed by atoms with Crippen LogP contribution in [0.1, 0.15) is 48.8 Å². The van der Waals surface area contributed by atoms with Gasteiger partial charge in [0.25, 0.3) is 5.91 Å². The molecule has 17 heteroatoms. The van der Waals surface area contributed by atoms with E-state index in [9.17, 15) is 53.8 Å². The molecule has 1 heterocycles. The largest absolute Gasteiger partial charge is 0.435 e. The number of sulfone groups is 1. The molecule has 2 aromatic rings. The minimum Gasteiger partial charge on any atom is -0.387 e. The van der Waals surface area contributed by atoms with Crippen LogP contribution in [0.25, 0.3) is 0 Å². The van der Waals surface area contributed by atoms with E-state index in [1.165, 1.54) is 4.90 Å². The lowest BCUT2D eigenvalue weighted by molar-refractivity contribution is -0.348. The summed E-state index contributed by atoms with van der Waals surface area (Å²) in [6.45, 7) is -0.871. The van der Waals surface area contributed by atoms with E-state index in [1.807, 2.05) is 0 Å². The summed E-state index contributed by atoms with van der Waals surface area (Å²) in [5.74, 6) is -3.26. The molecule has 0 unspecified atom stereocenters. The maximum Gasteiger partial charge on any atom is 0.435 e. The summed E-state index contributed by atoms with van der Waals surface area (Å²) in [4.78, 5) is 26.1. The van der Waals surface area contributed by atoms with Crippen molar-refractivity contribution in [2.45, 2.75) is 77.8 Å². The Morgan fingerprint density at radius 1 is 0.915 bits per heavy atom. The summed E-state index contributed by atoms with van der Waals surface area (Å²) in [6, 6.07) is 4.11. The predicted molar refractivity (Wildman–Crippen MR) is 147 cm³/mol. The van der Waals surface area contributed by atoms with Crippen LogP contribution in [-0.4, -0.2) is 79.0 Å². The average molecular weight is 699 g/mol. The molecule has 3 N–H and O–H groups in total. The highest BCUT2D eigenvalue weighted by Gasteiger charge is 2.74. The molecule has 0 aromatic heterocycles. The third-order valence-electron chi connectivity index (χ3n) is 9.80. The molecule has 0 radical (unpaired) electrons. The minimum absolute atomic E-state index is 0.0403. The van der Waals surface area contributed by atoms with E-state index in [1.54, 1.807) is 0 Å². The summed E-state index contributed by atoms with van der Waals surface area (Å²) in [5, 5.41) is 22.9. The monoisotopic (exact) mass is 698 g/mol. The summed E-state index contributed by atoms with van der Waals surface area (Å²) in [7, 11) is -4.61. The van der Waals surface area contributed by atoms with Crippen LogP contribution >= 0.6 is 0 Å². The number of alkyl halides is 7. The molecule has 8 nitrogen and oxygen atoms in total. The van der Waals surface area contributed by atoms with Gasteiger partial charge in [-0.1, -0.05) is 18.2 Å². The van der Waals surface area contributed by atoms with Gasteiger partial charge >= 0.3 is 18.0 Å². The second-order valence-electron chi connectivity index (χ2n) is 12.2. The number of rotatable bonds is 6. The van der Waals surface area contributed by atoms with E-state index in [4.69, 9.17) is 5.11 Å². The number of hydrogen-bond donors (Lipinski definition) is 3. The third kappa shape index (κ3) is 5.47. The molecule has 1 saturated carbocycles. The van der Waals surface area contributed by atoms with Crippen molar-refractivity contribution in [1.29, 1.82) is 0 Å². The number of carbonyl (C=O) groups is 2. The highest BCUT2D eigenvalue weighted by molar-refractivity contribution is 7.92. The highest BCUT2D eigenvalue weighted by atomic mass is 32.2. The molecule has 2 aliphatic carbocycles. The summed E-state index contributed by atoms with van der Waals surface area (Å²) >= 11 is 0. The molecule has 258 valence electrons. The van der Waals surface area contributed by atoms with Gasteiger partial charge in [0.05, 0.1) is 4.90 Å². The Hall–Kier alpha value is -3.31. The Labute approximate surface area is 263 Å². The summed E-state index contributed by atoms with van der Waals surface area (Å²) in [6.07, 6.45) is -13.9. The van der Waals surface area contributed by atoms with Crippen molar-refractivity contribution < 1.29 is 63.3 Å². The lowest BCUT2D eigenvalue weighted by Crippen LogP contribution is -2.58. The van der Waals surface area contributed by atoms with Crippen molar-refractivity contribution >= 4 is 21.7 Å². The number of halogens is 8. The number of aryl methyl sites for hydroxylation is 1. The van der Waals surface area contributed by atoms with E-state index in [2.05, 4.69) is 5.32 Å². The van der Waals surface area contributed by atoms with E-state index >= 15 is 4.39 Å². The second-order valence-corrected chi connectivity index (χ2v) is 14.4. The quantitative estimate of drug-likeness (QED) is 0.310. The zero-order valence-corrected chi connectivity index (χ0v) is 25.3. The molecule has 2 aromatic carbocycles. The van der Waals surface area contributed by atoms with Gasteiger partial charge in [0.15, 0.2) is 9.84 Å². The first-order valence-corrected chi connectivity index (χ1v) is 16.1. The molecule has 1 saturated heterocycles. The third-order valence-corrected chi connectivity index (χ3v) is 12.4. The van der Waals surface area contributed by atoms with Crippen LogP contribution in [0.15, 0.2) is 47.4 Å². The van der Waals surface area contributed by atoms with Gasteiger partial charge in [0, 0.05) is 43.5 Å². The minimum atomic E-state index is -6.39. The number of nitrogens with zero attached hydrogens (tertiary/aromatic N) is 1. The molecular formula is C30H30F8N2O6S. The first kappa shape index (κ1) is 35.0. The van der Waals surface area contributed by atoms with Crippen molar-refractivity contribution in [3.05, 3.63) is 65.0 Å². The molecule has 5 rings (SSSR count). The first-order valence-electron chi connectivity index (χ1n) is 14.6. The van der Waals surface area contributed by atoms with Gasteiger partial charge in [0.1, 0.15) is 22.8 Å². The molecule has 47 heavy (non-hydrogen) atoms. The molecule has 3 aliphatic rings. The smallest absolute Gasteiger partial charge is 0.387 e. The van der Waals surface area contributed by atoms with Crippen molar-refractivity contribution in [2.24, 2.45) is 5.92 Å². The number of amides is 2. The van der Waals surface area contributed by atoms with Gasteiger partial charge in [-0.15, -0.1) is 0 Å². The normalized spacial score (nSPS) is 24.8. The molecule has 1 aliphatic heterocycles. The van der Waals surface area contributed by atoms with Gasteiger partial charge in [-0.25, -0.2) is 17.2 Å². The summed E-state index contributed by atoms with van der Waals surface area (Å²) in [5.41, 5.74) is -9.89. The fourth-order valence-electron chi connectivity index (χ4n) is 7.31. The summed E-state index contributed by atoms with van der Waals surface area (Å²) < 4.78 is 137. The van der Waals surface area contributed by atoms with Crippen LogP contribution < -0.4 is 5.32 Å². The number of likely N-dealkylation sites (tertiary alicyclic amines) is 1. The number of fused-ring (bicyclic) bond motifs is 3. The van der Waals surface area contributed by atoms with Crippen LogP contribution in [0.4, 0.5) is 35.1 Å². The van der Waals surface area contributed by atoms with Crippen LogP contribution in [0.3, 0.4) is 0 Å². The fourth-order valence-corrected chi connectivity index (χ4v) is 9.78. The van der Waals surface area contributed by atoms with E-state index < -0.39 is 84.9 Å². The maximum absolute atomic E-state index is 15.0. The molecule has 3 atom stereocenters. The molecule has 0 spiro atoms. The fraction of sp³-hybridized carbons (Fsp3) is 0.533. The number of aliphatic hydroxyl groups is 2. The number of nitrogens with one attached hydrogen (secondary N) is 1. The molecule has 0 bridgehead atoms. The van der Waals surface area contributed by atoms with Crippen LogP contribution in [-0.2, 0) is 36.3 Å². The van der Waals surface area contributed by atoms with Crippen molar-refractivity contribution in [2.75, 3.05) is 19.7 Å². The zero-order valence-electron chi connectivity index (χ0n) is 24.5. The second kappa shape index (κ2) is 11.7. The Balaban J connectivity index is 1.56. The van der Waals surface area contributed by atoms with Crippen molar-refractivity contribution in [3.63, 3.8) is 0 Å². The molecule has 2 fully saturated rings. The standard InChI is InChI=1S/C30H30F8N2O6S/c31-19-3-5-20(6-4-19)47(45,46)27-10-9-23(39-25(43)26(44)11-13-40(14-12-26)24(42)16-41)22(27)7-1-17-15-18(2-8-21(17)27)28(32,29(33,34)35)30(36,37)38/h2-6,8,15,22-23,41,44H,1,7,9-14,16H2,(H,39,43)/t22-,23+,27+/m0/s1. The van der Waals surface area contributed by atoms with Crippen LogP contribution in [0.5, 0.6) is 0 Å². The lowest BCUT2D eigenvalue weighted by Gasteiger charge is -2.43. The number of piperidine rings is 1. The average Bonchev–Trinajstić information content (AvgIpc) is 3.39. The SMILES string of the molecule is O=C(CO)N1CCC(O)(C(=O)N[C@@H]2CC[C@@]3(S(=O)(=O)c4ccc(F)cc4)c4ccc(C(F)(C(F)(F)F)C(F)(F)F)cc4CC[C@@H]23)CC1. The van der Waals surface area contributed by atoms with Gasteiger partial charge in [0.2, 0.25) is 5.91 Å². The van der Waals surface area contributed by atoms with E-state index in [0.29, 0.717) is 6.07 Å². The molecule has 2 amide bonds. The van der Waals surface area contributed by atoms with Gasteiger partial charge in [-0.2, -0.15) is 26.3 Å². The lowest BCUT2D eigenvalue weighted by atomic mass is 9.73. The number of benzene rings is 2. The number of aliphatic hydroxyl groups excluding tert-OH is 1. The number of carbonyl (C=O) groups excluding carboxylic acids is 2. The Kier molecular flexibility index (Phi) is 8.70. The maximum atomic E-state index is 15.0. The topological polar surface area (TPSA) is 124 Å². The predicted octanol–water partition coefficient (Wildman–Crippen LogP) is 3.97. The van der Waals surface area contributed by atoms with Crippen LogP contribution in [0, 0.1) is 11.7 Å². The van der Waals surface area contributed by atoms with Crippen molar-refractivity contribution in [1.82, 2.24) is 10.2 Å². The first-order chi connectivity index (χ1) is 21.7. The highest BCUT2D eigenvalue weighted by Crippen LogP contribution is 2.59. The van der Waals surface area contributed by atoms with E-state index in [-0.39, 0.29) is 68.8 Å². The zero-order chi connectivity index (χ0) is 34.8. The van der Waals surface area contributed by atoms with E-state index in [0.717, 1.165) is 30.3 Å². The van der Waals surface area contributed by atoms with Gasteiger partial charge < -0.3 is 20.4 Å². The van der Waals surface area contributed by atoms with Crippen LogP contribution in [0.2, 0.25) is 0 Å². The Bertz CT molecular complexity index is 1640.